The van der Waals surface area contributed by atoms with Gasteiger partial charge < -0.3 is 9.13 Å². The van der Waals surface area contributed by atoms with Crippen molar-refractivity contribution in [2.45, 2.75) is 0 Å². The van der Waals surface area contributed by atoms with E-state index in [-0.39, 0.29) is 0 Å². The predicted octanol–water partition coefficient (Wildman–Crippen LogP) is 16.8. The Morgan fingerprint density at radius 3 is 1.55 bits per heavy atom. The first-order valence-electron chi connectivity index (χ1n) is 22.2. The van der Waals surface area contributed by atoms with Gasteiger partial charge in [-0.1, -0.05) is 194 Å². The molecule has 2 heteroatoms. The Morgan fingerprint density at radius 2 is 0.766 bits per heavy atom. The summed E-state index contributed by atoms with van der Waals surface area (Å²) in [6.45, 7) is 0. The molecule has 64 heavy (non-hydrogen) atoms. The van der Waals surface area contributed by atoms with Crippen LogP contribution in [0.5, 0.6) is 0 Å². The molecule has 0 bridgehead atoms. The van der Waals surface area contributed by atoms with Crippen molar-refractivity contribution >= 4 is 65.2 Å². The monoisotopic (exact) mass is 810 g/mol. The van der Waals surface area contributed by atoms with E-state index in [4.69, 9.17) is 0 Å². The summed E-state index contributed by atoms with van der Waals surface area (Å²) in [6.07, 6.45) is 0. The summed E-state index contributed by atoms with van der Waals surface area (Å²) in [5.41, 5.74) is 19.7. The standard InChI is InChI=1S/C62H38N2/c1-2-14-44(15-3-1)63-59-37-42(31-33-52(59)56-34-29-39-13-4-5-17-47(39)62(56)63)43-30-32-51-50-20-9-11-24-58(50)64(60(51)38-43)57-23-10-8-16-46(57)41-27-25-40(26-28-41)45-35-36-55-49-19-7-6-18-48(49)54-22-12-21-53(45)61(54)55/h1-38H. The van der Waals surface area contributed by atoms with Crippen LogP contribution in [0.15, 0.2) is 231 Å². The third-order valence-electron chi connectivity index (χ3n) is 13.9. The maximum absolute atomic E-state index is 2.48. The lowest BCUT2D eigenvalue weighted by Gasteiger charge is -2.15. The maximum atomic E-state index is 2.48. The molecule has 1 aliphatic carbocycles. The van der Waals surface area contributed by atoms with Gasteiger partial charge in [-0.3, -0.25) is 0 Å². The van der Waals surface area contributed by atoms with Crippen molar-refractivity contribution < 1.29 is 0 Å². The van der Waals surface area contributed by atoms with Gasteiger partial charge in [0.25, 0.3) is 0 Å². The lowest BCUT2D eigenvalue weighted by atomic mass is 9.93. The van der Waals surface area contributed by atoms with Crippen molar-refractivity contribution in [2.75, 3.05) is 0 Å². The quantitative estimate of drug-likeness (QED) is 0.164. The molecular formula is C62H38N2. The molecule has 0 radical (unpaired) electrons. The Hall–Kier alpha value is -8.46. The highest BCUT2D eigenvalue weighted by molar-refractivity contribution is 6.20. The van der Waals surface area contributed by atoms with Crippen LogP contribution in [0.3, 0.4) is 0 Å². The fraction of sp³-hybridized carbons (Fsp3) is 0. The van der Waals surface area contributed by atoms with E-state index in [0.717, 1.165) is 11.4 Å². The number of hydrogen-bond donors (Lipinski definition) is 0. The van der Waals surface area contributed by atoms with E-state index in [1.54, 1.807) is 0 Å². The number of benzene rings is 11. The molecule has 14 rings (SSSR count). The maximum Gasteiger partial charge on any atom is 0.0619 e. The zero-order valence-corrected chi connectivity index (χ0v) is 34.8. The summed E-state index contributed by atoms with van der Waals surface area (Å²) in [4.78, 5) is 0. The van der Waals surface area contributed by atoms with E-state index < -0.39 is 0 Å². The van der Waals surface area contributed by atoms with Crippen LogP contribution in [0.25, 0.3) is 132 Å². The molecule has 0 spiro atoms. The van der Waals surface area contributed by atoms with Gasteiger partial charge in [0.1, 0.15) is 0 Å². The Bertz CT molecular complexity index is 4020. The zero-order chi connectivity index (χ0) is 41.9. The zero-order valence-electron chi connectivity index (χ0n) is 34.8. The van der Waals surface area contributed by atoms with Crippen molar-refractivity contribution in [1.82, 2.24) is 9.13 Å². The minimum absolute atomic E-state index is 1.16. The van der Waals surface area contributed by atoms with Gasteiger partial charge in [-0.2, -0.15) is 0 Å². The molecule has 0 N–H and O–H groups in total. The van der Waals surface area contributed by atoms with E-state index in [1.165, 1.54) is 121 Å². The van der Waals surface area contributed by atoms with Crippen LogP contribution in [0, 0.1) is 0 Å². The minimum Gasteiger partial charge on any atom is -0.309 e. The van der Waals surface area contributed by atoms with Gasteiger partial charge in [0.05, 0.1) is 27.8 Å². The molecule has 13 aromatic rings. The summed E-state index contributed by atoms with van der Waals surface area (Å²) in [5.74, 6) is 0. The Labute approximate surface area is 370 Å². The van der Waals surface area contributed by atoms with Crippen molar-refractivity contribution in [3.8, 4) is 67.0 Å². The molecule has 2 heterocycles. The number of hydrogen-bond acceptors (Lipinski definition) is 0. The highest BCUT2D eigenvalue weighted by Crippen LogP contribution is 2.49. The molecule has 1 aliphatic rings. The van der Waals surface area contributed by atoms with Crippen LogP contribution in [0.4, 0.5) is 0 Å². The number of aromatic nitrogens is 2. The SMILES string of the molecule is c1ccc(-n2c3cc(-c4ccc5c6ccccc6n(-c6ccccc6-c6ccc(-c7ccc8c9c(cccc79)-c7ccccc7-8)cc6)c5c4)ccc3c3ccc4ccccc4c32)cc1. The van der Waals surface area contributed by atoms with Crippen LogP contribution >= 0.6 is 0 Å². The first kappa shape index (κ1) is 35.2. The molecular weight excluding hydrogens is 773 g/mol. The van der Waals surface area contributed by atoms with Crippen LogP contribution < -0.4 is 0 Å². The highest BCUT2D eigenvalue weighted by Gasteiger charge is 2.23. The lowest BCUT2D eigenvalue weighted by Crippen LogP contribution is -1.97. The summed E-state index contributed by atoms with van der Waals surface area (Å²) >= 11 is 0. The molecule has 0 amide bonds. The van der Waals surface area contributed by atoms with E-state index in [0.29, 0.717) is 0 Å². The van der Waals surface area contributed by atoms with Gasteiger partial charge >= 0.3 is 0 Å². The van der Waals surface area contributed by atoms with E-state index in [2.05, 4.69) is 240 Å². The van der Waals surface area contributed by atoms with Crippen molar-refractivity contribution in [2.24, 2.45) is 0 Å². The second kappa shape index (κ2) is 13.5. The topological polar surface area (TPSA) is 9.86 Å². The Balaban J connectivity index is 0.916. The summed E-state index contributed by atoms with van der Waals surface area (Å²) in [7, 11) is 0. The van der Waals surface area contributed by atoms with E-state index in [9.17, 15) is 0 Å². The molecule has 2 aromatic heterocycles. The van der Waals surface area contributed by atoms with Gasteiger partial charge in [-0.05, 0) is 103 Å². The van der Waals surface area contributed by atoms with Crippen LogP contribution in [-0.2, 0) is 0 Å². The minimum atomic E-state index is 1.16. The van der Waals surface area contributed by atoms with Crippen LogP contribution in [0.2, 0.25) is 0 Å². The van der Waals surface area contributed by atoms with Crippen LogP contribution in [0.1, 0.15) is 0 Å². The van der Waals surface area contributed by atoms with Gasteiger partial charge in [-0.25, -0.2) is 0 Å². The number of nitrogens with zero attached hydrogens (tertiary/aromatic N) is 2. The van der Waals surface area contributed by atoms with Crippen molar-refractivity contribution in [3.05, 3.63) is 231 Å². The van der Waals surface area contributed by atoms with E-state index in [1.807, 2.05) is 0 Å². The van der Waals surface area contributed by atoms with E-state index >= 15 is 0 Å². The molecule has 0 aliphatic heterocycles. The molecule has 0 atom stereocenters. The summed E-state index contributed by atoms with van der Waals surface area (Å²) in [6, 6.07) is 85.2. The third-order valence-corrected chi connectivity index (χ3v) is 13.9. The molecule has 0 saturated heterocycles. The molecule has 296 valence electrons. The summed E-state index contributed by atoms with van der Waals surface area (Å²) < 4.78 is 4.93. The summed E-state index contributed by atoms with van der Waals surface area (Å²) in [5, 5.41) is 10.2. The highest BCUT2D eigenvalue weighted by atomic mass is 15.0. The van der Waals surface area contributed by atoms with Gasteiger partial charge in [0.2, 0.25) is 0 Å². The Kier molecular flexibility index (Phi) is 7.43. The second-order valence-electron chi connectivity index (χ2n) is 17.2. The predicted molar refractivity (Wildman–Crippen MR) is 271 cm³/mol. The van der Waals surface area contributed by atoms with Crippen molar-refractivity contribution in [3.63, 3.8) is 0 Å². The van der Waals surface area contributed by atoms with Gasteiger partial charge in [0, 0.05) is 38.2 Å². The second-order valence-corrected chi connectivity index (χ2v) is 17.2. The average molecular weight is 811 g/mol. The number of para-hydroxylation sites is 3. The Morgan fingerprint density at radius 1 is 0.250 bits per heavy atom. The fourth-order valence-corrected chi connectivity index (χ4v) is 11.0. The third kappa shape index (κ3) is 5.02. The molecule has 2 nitrogen and oxygen atoms in total. The molecule has 0 fully saturated rings. The first-order chi connectivity index (χ1) is 31.8. The molecule has 0 unspecified atom stereocenters. The van der Waals surface area contributed by atoms with Crippen molar-refractivity contribution in [1.29, 1.82) is 0 Å². The molecule has 0 saturated carbocycles. The molecule has 11 aromatic carbocycles. The van der Waals surface area contributed by atoms with Gasteiger partial charge in [0.15, 0.2) is 0 Å². The smallest absolute Gasteiger partial charge is 0.0619 e. The average Bonchev–Trinajstić information content (AvgIpc) is 4.00. The number of rotatable bonds is 5. The first-order valence-corrected chi connectivity index (χ1v) is 22.2. The largest absolute Gasteiger partial charge is 0.309 e. The fourth-order valence-electron chi connectivity index (χ4n) is 11.0. The van der Waals surface area contributed by atoms with Gasteiger partial charge in [-0.15, -0.1) is 0 Å². The number of fused-ring (bicyclic) bond motifs is 11. The normalized spacial score (nSPS) is 12.1. The van der Waals surface area contributed by atoms with Crippen LogP contribution in [-0.4, -0.2) is 9.13 Å². The lowest BCUT2D eigenvalue weighted by molar-refractivity contribution is 1.18.